The van der Waals surface area contributed by atoms with Crippen molar-refractivity contribution in [2.24, 2.45) is 0 Å². The zero-order chi connectivity index (χ0) is 12.1. The van der Waals surface area contributed by atoms with Crippen LogP contribution in [0.5, 0.6) is 0 Å². The van der Waals surface area contributed by atoms with Crippen molar-refractivity contribution in [3.8, 4) is 0 Å². The molecule has 0 aliphatic heterocycles. The maximum Gasteiger partial charge on any atom is 0.0615 e. The number of hydrogen-bond acceptors (Lipinski definition) is 3. The molecule has 16 heavy (non-hydrogen) atoms. The summed E-state index contributed by atoms with van der Waals surface area (Å²) >= 11 is 0. The highest BCUT2D eigenvalue weighted by molar-refractivity contribution is 5.49. The van der Waals surface area contributed by atoms with Crippen LogP contribution in [0, 0.1) is 6.92 Å². The van der Waals surface area contributed by atoms with Crippen LogP contribution in [0.1, 0.15) is 18.1 Å². The monoisotopic (exact) mass is 222 g/mol. The summed E-state index contributed by atoms with van der Waals surface area (Å²) in [4.78, 5) is 2.27. The van der Waals surface area contributed by atoms with E-state index in [0.717, 1.165) is 18.8 Å². The highest BCUT2D eigenvalue weighted by Gasteiger charge is 2.10. The van der Waals surface area contributed by atoms with Crippen LogP contribution in [0.3, 0.4) is 0 Å². The lowest BCUT2D eigenvalue weighted by molar-refractivity contribution is 0.112. The molecule has 1 rings (SSSR count). The van der Waals surface area contributed by atoms with Gasteiger partial charge in [0.15, 0.2) is 0 Å². The molecule has 0 amide bonds. The average molecular weight is 222 g/mol. The molecule has 1 aromatic rings. The molecule has 1 atom stereocenters. The van der Waals surface area contributed by atoms with Crippen molar-refractivity contribution in [3.05, 3.63) is 29.3 Å². The van der Waals surface area contributed by atoms with E-state index >= 15 is 0 Å². The minimum atomic E-state index is 0.408. The summed E-state index contributed by atoms with van der Waals surface area (Å²) in [6, 6.07) is 6.48. The molecule has 0 fully saturated rings. The highest BCUT2D eigenvalue weighted by atomic mass is 16.5. The number of nitrogens with two attached hydrogens (primary N) is 1. The summed E-state index contributed by atoms with van der Waals surface area (Å²) in [5, 5.41) is 0. The summed E-state index contributed by atoms with van der Waals surface area (Å²) in [6.45, 7) is 5.88. The Morgan fingerprint density at radius 3 is 2.75 bits per heavy atom. The molecule has 3 heteroatoms. The van der Waals surface area contributed by atoms with Crippen LogP contribution >= 0.6 is 0 Å². The molecule has 0 saturated heterocycles. The molecule has 0 aromatic heterocycles. The second-order valence-corrected chi connectivity index (χ2v) is 4.35. The van der Waals surface area contributed by atoms with Crippen molar-refractivity contribution in [1.82, 2.24) is 4.90 Å². The number of nitrogen functional groups attached to an aromatic ring is 1. The van der Waals surface area contributed by atoms with Crippen molar-refractivity contribution in [2.45, 2.75) is 26.4 Å². The maximum atomic E-state index is 5.89. The fourth-order valence-corrected chi connectivity index (χ4v) is 1.67. The van der Waals surface area contributed by atoms with Crippen molar-refractivity contribution < 1.29 is 4.74 Å². The molecule has 0 aliphatic carbocycles. The number of methoxy groups -OCH3 is 1. The van der Waals surface area contributed by atoms with Gasteiger partial charge in [-0.25, -0.2) is 0 Å². The van der Waals surface area contributed by atoms with Crippen LogP contribution in [0.4, 0.5) is 5.69 Å². The fraction of sp³-hybridized carbons (Fsp3) is 0.538. The van der Waals surface area contributed by atoms with E-state index in [1.165, 1.54) is 11.1 Å². The second-order valence-electron chi connectivity index (χ2n) is 4.35. The van der Waals surface area contributed by atoms with Crippen LogP contribution in [0.15, 0.2) is 18.2 Å². The molecular weight excluding hydrogens is 200 g/mol. The third-order valence-electron chi connectivity index (χ3n) is 3.07. The minimum Gasteiger partial charge on any atom is -0.399 e. The Kier molecular flexibility index (Phi) is 4.77. The van der Waals surface area contributed by atoms with Crippen LogP contribution in [-0.2, 0) is 11.3 Å². The van der Waals surface area contributed by atoms with Gasteiger partial charge < -0.3 is 10.5 Å². The number of hydrogen-bond donors (Lipinski definition) is 1. The van der Waals surface area contributed by atoms with Crippen LogP contribution < -0.4 is 5.73 Å². The lowest BCUT2D eigenvalue weighted by atomic mass is 10.1. The number of benzene rings is 1. The van der Waals surface area contributed by atoms with Gasteiger partial charge in [0.2, 0.25) is 0 Å². The Bertz CT molecular complexity index is 339. The molecule has 0 radical (unpaired) electrons. The lowest BCUT2D eigenvalue weighted by Gasteiger charge is -2.25. The molecule has 3 nitrogen and oxygen atoms in total. The standard InChI is InChI=1S/C13H22N2O/c1-10(9-16-4)15(3)8-12-6-5-7-13(14)11(12)2/h5-7,10H,8-9,14H2,1-4H3. The smallest absolute Gasteiger partial charge is 0.0615 e. The van der Waals surface area contributed by atoms with Gasteiger partial charge in [-0.1, -0.05) is 12.1 Å². The molecule has 1 aromatic carbocycles. The number of ether oxygens (including phenoxy) is 1. The maximum absolute atomic E-state index is 5.89. The first kappa shape index (κ1) is 13.0. The van der Waals surface area contributed by atoms with Crippen LogP contribution in [0.25, 0.3) is 0 Å². The van der Waals surface area contributed by atoms with Crippen molar-refractivity contribution in [2.75, 3.05) is 26.5 Å². The van der Waals surface area contributed by atoms with Gasteiger partial charge in [0.1, 0.15) is 0 Å². The highest BCUT2D eigenvalue weighted by Crippen LogP contribution is 2.17. The Labute approximate surface area is 98.2 Å². The van der Waals surface area contributed by atoms with E-state index in [1.54, 1.807) is 7.11 Å². The van der Waals surface area contributed by atoms with E-state index < -0.39 is 0 Å². The first-order valence-electron chi connectivity index (χ1n) is 5.59. The van der Waals surface area contributed by atoms with Crippen LogP contribution in [-0.4, -0.2) is 31.7 Å². The van der Waals surface area contributed by atoms with E-state index in [0.29, 0.717) is 6.04 Å². The second kappa shape index (κ2) is 5.87. The van der Waals surface area contributed by atoms with Crippen molar-refractivity contribution >= 4 is 5.69 Å². The third-order valence-corrected chi connectivity index (χ3v) is 3.07. The van der Waals surface area contributed by atoms with E-state index in [2.05, 4.69) is 31.9 Å². The Morgan fingerprint density at radius 1 is 1.44 bits per heavy atom. The van der Waals surface area contributed by atoms with Gasteiger partial charge in [-0.3, -0.25) is 4.90 Å². The molecule has 0 heterocycles. The van der Waals surface area contributed by atoms with E-state index in [9.17, 15) is 0 Å². The third kappa shape index (κ3) is 3.22. The Balaban J connectivity index is 2.69. The predicted octanol–water partition coefficient (Wildman–Crippen LogP) is 2.04. The fourth-order valence-electron chi connectivity index (χ4n) is 1.67. The Hall–Kier alpha value is -1.06. The van der Waals surface area contributed by atoms with E-state index in [4.69, 9.17) is 10.5 Å². The first-order valence-corrected chi connectivity index (χ1v) is 5.59. The molecule has 0 aliphatic rings. The van der Waals surface area contributed by atoms with E-state index in [1.807, 2.05) is 12.1 Å². The van der Waals surface area contributed by atoms with Crippen molar-refractivity contribution in [3.63, 3.8) is 0 Å². The molecule has 1 unspecified atom stereocenters. The van der Waals surface area contributed by atoms with Gasteiger partial charge in [0, 0.05) is 25.4 Å². The van der Waals surface area contributed by atoms with Gasteiger partial charge in [-0.05, 0) is 38.1 Å². The number of nitrogens with zero attached hydrogens (tertiary/aromatic N) is 1. The quantitative estimate of drug-likeness (QED) is 0.775. The summed E-state index contributed by atoms with van der Waals surface area (Å²) in [7, 11) is 3.84. The van der Waals surface area contributed by atoms with Crippen molar-refractivity contribution in [1.29, 1.82) is 0 Å². The van der Waals surface area contributed by atoms with Gasteiger partial charge >= 0.3 is 0 Å². The lowest BCUT2D eigenvalue weighted by Crippen LogP contribution is -2.32. The van der Waals surface area contributed by atoms with E-state index in [-0.39, 0.29) is 0 Å². The zero-order valence-electron chi connectivity index (χ0n) is 10.7. The van der Waals surface area contributed by atoms with Gasteiger partial charge in [0.05, 0.1) is 6.61 Å². The molecule has 0 saturated carbocycles. The van der Waals surface area contributed by atoms with Gasteiger partial charge in [0.25, 0.3) is 0 Å². The van der Waals surface area contributed by atoms with Gasteiger partial charge in [-0.15, -0.1) is 0 Å². The number of anilines is 1. The van der Waals surface area contributed by atoms with Gasteiger partial charge in [-0.2, -0.15) is 0 Å². The predicted molar refractivity (Wildman–Crippen MR) is 68.4 cm³/mol. The molecule has 0 bridgehead atoms. The summed E-state index contributed by atoms with van der Waals surface area (Å²) in [5.74, 6) is 0. The SMILES string of the molecule is COCC(C)N(C)Cc1cccc(N)c1C. The molecule has 0 spiro atoms. The molecule has 2 N–H and O–H groups in total. The topological polar surface area (TPSA) is 38.5 Å². The Morgan fingerprint density at radius 2 is 2.12 bits per heavy atom. The largest absolute Gasteiger partial charge is 0.399 e. The number of rotatable bonds is 5. The minimum absolute atomic E-state index is 0.408. The summed E-state index contributed by atoms with van der Waals surface area (Å²) in [5.41, 5.74) is 9.22. The average Bonchev–Trinajstić information content (AvgIpc) is 2.25. The molecular formula is C13H22N2O. The summed E-state index contributed by atoms with van der Waals surface area (Å²) in [6.07, 6.45) is 0. The molecule has 90 valence electrons. The first-order chi connectivity index (χ1) is 7.56. The zero-order valence-corrected chi connectivity index (χ0v) is 10.7. The normalized spacial score (nSPS) is 13.1. The number of likely N-dealkylation sites (N-methyl/N-ethyl adjacent to an activating group) is 1. The summed E-state index contributed by atoms with van der Waals surface area (Å²) < 4.78 is 5.15. The van der Waals surface area contributed by atoms with Crippen LogP contribution in [0.2, 0.25) is 0 Å².